The van der Waals surface area contributed by atoms with Crippen LogP contribution in [0.4, 0.5) is 23.2 Å². The maximum atomic E-state index is 14.4. The molecule has 33 heavy (non-hydrogen) atoms. The molecule has 1 saturated heterocycles. The first-order chi connectivity index (χ1) is 15.5. The van der Waals surface area contributed by atoms with Crippen LogP contribution < -0.4 is 10.0 Å². The number of halogens is 4. The number of nitrogens with one attached hydrogen (secondary N) is 2. The van der Waals surface area contributed by atoms with Crippen LogP contribution in [0.1, 0.15) is 71.1 Å². The van der Waals surface area contributed by atoms with E-state index in [1.165, 1.54) is 12.1 Å². The molecule has 2 aromatic rings. The normalized spacial score (nSPS) is 19.3. The number of hydrogen-bond donors (Lipinski definition) is 3. The summed E-state index contributed by atoms with van der Waals surface area (Å²) in [5.41, 5.74) is -1.75. The number of sulfonamides is 1. The van der Waals surface area contributed by atoms with E-state index in [2.05, 4.69) is 10.0 Å². The van der Waals surface area contributed by atoms with Gasteiger partial charge in [-0.1, -0.05) is 12.5 Å². The highest BCUT2D eigenvalue weighted by atomic mass is 32.2. The van der Waals surface area contributed by atoms with Gasteiger partial charge in [-0.05, 0) is 73.5 Å². The van der Waals surface area contributed by atoms with E-state index in [1.807, 2.05) is 0 Å². The number of rotatable bonds is 6. The molecule has 0 bridgehead atoms. The minimum Gasteiger partial charge on any atom is -0.478 e. The molecule has 1 atom stereocenters. The third-order valence-electron chi connectivity index (χ3n) is 5.94. The SMILES string of the molecule is O=C(O)c1ccc(C2CC2)c(S(=O)(=O)Nc2cc(C(F)(F)F)c(F)cc2C2CCCCN2)c1. The van der Waals surface area contributed by atoms with E-state index < -0.39 is 39.6 Å². The first kappa shape index (κ1) is 23.5. The van der Waals surface area contributed by atoms with Gasteiger partial charge >= 0.3 is 12.1 Å². The molecular formula is C22H22F4N2O4S. The third-order valence-corrected chi connectivity index (χ3v) is 7.36. The van der Waals surface area contributed by atoms with Gasteiger partial charge in [0.2, 0.25) is 0 Å². The number of piperidine rings is 1. The highest BCUT2D eigenvalue weighted by molar-refractivity contribution is 7.92. The molecule has 0 radical (unpaired) electrons. The van der Waals surface area contributed by atoms with Gasteiger partial charge in [0.1, 0.15) is 5.82 Å². The Hall–Kier alpha value is -2.66. The summed E-state index contributed by atoms with van der Waals surface area (Å²) < 4.78 is 83.3. The minimum atomic E-state index is -5.02. The van der Waals surface area contributed by atoms with Gasteiger partial charge in [-0.3, -0.25) is 4.72 Å². The monoisotopic (exact) mass is 486 g/mol. The second-order valence-corrected chi connectivity index (χ2v) is 10.0. The Morgan fingerprint density at radius 2 is 1.79 bits per heavy atom. The predicted octanol–water partition coefficient (Wildman–Crippen LogP) is 5.04. The molecule has 1 saturated carbocycles. The van der Waals surface area contributed by atoms with Crippen LogP contribution >= 0.6 is 0 Å². The lowest BCUT2D eigenvalue weighted by Crippen LogP contribution is -2.28. The Balaban J connectivity index is 1.82. The van der Waals surface area contributed by atoms with E-state index in [9.17, 15) is 35.9 Å². The fourth-order valence-electron chi connectivity index (χ4n) is 4.13. The van der Waals surface area contributed by atoms with Crippen LogP contribution in [0.15, 0.2) is 35.2 Å². The number of benzene rings is 2. The summed E-state index contributed by atoms with van der Waals surface area (Å²) in [4.78, 5) is 11.1. The van der Waals surface area contributed by atoms with E-state index in [0.717, 1.165) is 37.8 Å². The lowest BCUT2D eigenvalue weighted by atomic mass is 9.95. The first-order valence-electron chi connectivity index (χ1n) is 10.5. The Labute approximate surface area is 188 Å². The molecule has 0 aromatic heterocycles. The molecule has 1 aliphatic heterocycles. The fourth-order valence-corrected chi connectivity index (χ4v) is 5.53. The van der Waals surface area contributed by atoms with E-state index in [-0.39, 0.29) is 27.6 Å². The third kappa shape index (κ3) is 4.98. The summed E-state index contributed by atoms with van der Waals surface area (Å²) in [7, 11) is -4.47. The van der Waals surface area contributed by atoms with Gasteiger partial charge in [0.25, 0.3) is 10.0 Å². The molecule has 178 valence electrons. The van der Waals surface area contributed by atoms with Crippen molar-refractivity contribution in [1.29, 1.82) is 0 Å². The average Bonchev–Trinajstić information content (AvgIpc) is 3.59. The molecule has 2 aromatic carbocycles. The van der Waals surface area contributed by atoms with Crippen LogP contribution in [0.3, 0.4) is 0 Å². The minimum absolute atomic E-state index is 0.0714. The van der Waals surface area contributed by atoms with Crippen LogP contribution in [0.25, 0.3) is 0 Å². The molecule has 4 rings (SSSR count). The van der Waals surface area contributed by atoms with Crippen molar-refractivity contribution in [3.63, 3.8) is 0 Å². The van der Waals surface area contributed by atoms with E-state index in [0.29, 0.717) is 24.6 Å². The Kier molecular flexibility index (Phi) is 6.12. The number of carbonyl (C=O) groups is 1. The zero-order chi connectivity index (χ0) is 24.0. The summed E-state index contributed by atoms with van der Waals surface area (Å²) in [6.45, 7) is 0.561. The van der Waals surface area contributed by atoms with Crippen molar-refractivity contribution >= 4 is 21.7 Å². The van der Waals surface area contributed by atoms with Gasteiger partial charge in [0, 0.05) is 6.04 Å². The Morgan fingerprint density at radius 1 is 1.06 bits per heavy atom. The fraction of sp³-hybridized carbons (Fsp3) is 0.409. The van der Waals surface area contributed by atoms with Gasteiger partial charge in [-0.2, -0.15) is 13.2 Å². The van der Waals surface area contributed by atoms with Gasteiger partial charge in [-0.25, -0.2) is 17.6 Å². The highest BCUT2D eigenvalue weighted by Crippen LogP contribution is 2.44. The molecule has 2 aliphatic rings. The summed E-state index contributed by atoms with van der Waals surface area (Å²) >= 11 is 0. The van der Waals surface area contributed by atoms with Gasteiger partial charge in [-0.15, -0.1) is 0 Å². The van der Waals surface area contributed by atoms with Gasteiger partial charge < -0.3 is 10.4 Å². The summed E-state index contributed by atoms with van der Waals surface area (Å²) in [5.74, 6) is -2.89. The number of alkyl halides is 3. The smallest absolute Gasteiger partial charge is 0.419 e. The Morgan fingerprint density at radius 3 is 2.36 bits per heavy atom. The molecule has 0 spiro atoms. The number of aromatic carboxylic acids is 1. The predicted molar refractivity (Wildman–Crippen MR) is 112 cm³/mol. The zero-order valence-electron chi connectivity index (χ0n) is 17.4. The topological polar surface area (TPSA) is 95.5 Å². The lowest BCUT2D eigenvalue weighted by molar-refractivity contribution is -0.139. The quantitative estimate of drug-likeness (QED) is 0.498. The van der Waals surface area contributed by atoms with Crippen LogP contribution in [-0.2, 0) is 16.2 Å². The lowest BCUT2D eigenvalue weighted by Gasteiger charge is -2.27. The van der Waals surface area contributed by atoms with Crippen molar-refractivity contribution in [2.24, 2.45) is 0 Å². The molecular weight excluding hydrogens is 464 g/mol. The maximum Gasteiger partial charge on any atom is 0.419 e. The maximum absolute atomic E-state index is 14.4. The van der Waals surface area contributed by atoms with E-state index in [1.54, 1.807) is 0 Å². The van der Waals surface area contributed by atoms with E-state index in [4.69, 9.17) is 0 Å². The average molecular weight is 486 g/mol. The molecule has 3 N–H and O–H groups in total. The molecule has 1 aliphatic carbocycles. The standard InChI is InChI=1S/C22H22F4N2O4S/c23-17-10-15(18-3-1-2-8-27-18)19(11-16(17)22(24,25)26)28-33(31,32)20-9-13(21(29)30)6-7-14(20)12-4-5-12/h6-7,9-12,18,27-28H,1-5,8H2,(H,29,30). The largest absolute Gasteiger partial charge is 0.478 e. The molecule has 2 fully saturated rings. The van der Waals surface area contributed by atoms with E-state index >= 15 is 0 Å². The van der Waals surface area contributed by atoms with Crippen molar-refractivity contribution in [3.8, 4) is 0 Å². The summed E-state index contributed by atoms with van der Waals surface area (Å²) in [6.07, 6.45) is -1.49. The summed E-state index contributed by atoms with van der Waals surface area (Å²) in [5, 5.41) is 12.4. The number of hydrogen-bond acceptors (Lipinski definition) is 4. The van der Waals surface area contributed by atoms with Crippen LogP contribution in [0.5, 0.6) is 0 Å². The second kappa shape index (κ2) is 8.60. The number of anilines is 1. The molecule has 11 heteroatoms. The first-order valence-corrected chi connectivity index (χ1v) is 12.0. The molecule has 1 heterocycles. The zero-order valence-corrected chi connectivity index (χ0v) is 18.2. The summed E-state index contributed by atoms with van der Waals surface area (Å²) in [6, 6.07) is 4.39. The molecule has 1 unspecified atom stereocenters. The number of carboxylic acids is 1. The second-order valence-electron chi connectivity index (χ2n) is 8.36. The molecule has 0 amide bonds. The van der Waals surface area contributed by atoms with Crippen molar-refractivity contribution in [1.82, 2.24) is 5.32 Å². The highest BCUT2D eigenvalue weighted by Gasteiger charge is 2.37. The Bertz CT molecular complexity index is 1190. The van der Waals surface area contributed by atoms with Gasteiger partial charge in [0.05, 0.1) is 21.7 Å². The van der Waals surface area contributed by atoms with Crippen LogP contribution in [-0.4, -0.2) is 26.0 Å². The van der Waals surface area contributed by atoms with Crippen molar-refractivity contribution in [2.75, 3.05) is 11.3 Å². The van der Waals surface area contributed by atoms with Crippen molar-refractivity contribution < 1.29 is 35.9 Å². The van der Waals surface area contributed by atoms with Crippen LogP contribution in [0, 0.1) is 5.82 Å². The van der Waals surface area contributed by atoms with Gasteiger partial charge in [0.15, 0.2) is 0 Å². The van der Waals surface area contributed by atoms with Crippen molar-refractivity contribution in [3.05, 3.63) is 58.4 Å². The molecule has 6 nitrogen and oxygen atoms in total. The van der Waals surface area contributed by atoms with Crippen LogP contribution in [0.2, 0.25) is 0 Å². The number of carboxylic acid groups (broad SMARTS) is 1. The van der Waals surface area contributed by atoms with Crippen molar-refractivity contribution in [2.45, 2.75) is 55.1 Å².